The van der Waals surface area contributed by atoms with Crippen molar-refractivity contribution in [2.24, 2.45) is 17.8 Å². The molecule has 0 amide bonds. The molecule has 17 heavy (non-hydrogen) atoms. The van der Waals surface area contributed by atoms with E-state index in [1.807, 2.05) is 7.11 Å². The lowest BCUT2D eigenvalue weighted by Gasteiger charge is -2.37. The zero-order chi connectivity index (χ0) is 12.1. The molecule has 2 rings (SSSR count). The predicted octanol–water partition coefficient (Wildman–Crippen LogP) is 4.57. The number of methoxy groups -OCH3 is 1. The maximum Gasteiger partial charge on any atom is 0.0571 e. The molecule has 0 aromatic rings. The van der Waals surface area contributed by atoms with E-state index in [9.17, 15) is 0 Å². The normalized spacial score (nSPS) is 39.6. The molecule has 0 aliphatic heterocycles. The lowest BCUT2D eigenvalue weighted by molar-refractivity contribution is 0.0405. The van der Waals surface area contributed by atoms with Gasteiger partial charge in [-0.2, -0.15) is 0 Å². The summed E-state index contributed by atoms with van der Waals surface area (Å²) in [6.45, 7) is 2.15. The Labute approximate surface area is 107 Å². The zero-order valence-electron chi connectivity index (χ0n) is 11.5. The summed E-state index contributed by atoms with van der Waals surface area (Å²) < 4.78 is 5.47. The van der Waals surface area contributed by atoms with Crippen LogP contribution in [0, 0.1) is 17.8 Å². The van der Waals surface area contributed by atoms with Crippen LogP contribution in [-0.4, -0.2) is 13.2 Å². The second kappa shape index (κ2) is 6.58. The summed E-state index contributed by atoms with van der Waals surface area (Å²) in [5.41, 5.74) is 0. The quantitative estimate of drug-likeness (QED) is 0.652. The lowest BCUT2D eigenvalue weighted by atomic mass is 9.70. The van der Waals surface area contributed by atoms with E-state index in [2.05, 4.69) is 19.1 Å². The minimum atomic E-state index is 0.561. The van der Waals surface area contributed by atoms with Gasteiger partial charge in [-0.3, -0.25) is 0 Å². The maximum atomic E-state index is 5.47. The van der Waals surface area contributed by atoms with Crippen molar-refractivity contribution >= 4 is 0 Å². The molecule has 2 aliphatic carbocycles. The van der Waals surface area contributed by atoms with Crippen LogP contribution in [0.2, 0.25) is 0 Å². The molecule has 0 N–H and O–H groups in total. The third-order valence-corrected chi connectivity index (χ3v) is 5.00. The molecule has 98 valence electrons. The summed E-state index contributed by atoms with van der Waals surface area (Å²) in [5, 5.41) is 0. The molecule has 2 aliphatic rings. The fourth-order valence-corrected chi connectivity index (χ4v) is 3.88. The van der Waals surface area contributed by atoms with Crippen molar-refractivity contribution in [3.63, 3.8) is 0 Å². The van der Waals surface area contributed by atoms with Crippen molar-refractivity contribution in [1.29, 1.82) is 0 Å². The fourth-order valence-electron chi connectivity index (χ4n) is 3.88. The van der Waals surface area contributed by atoms with E-state index >= 15 is 0 Å². The molecular formula is C16H28O. The van der Waals surface area contributed by atoms with Gasteiger partial charge in [0, 0.05) is 7.11 Å². The van der Waals surface area contributed by atoms with Crippen LogP contribution in [0.5, 0.6) is 0 Å². The topological polar surface area (TPSA) is 9.23 Å². The highest BCUT2D eigenvalue weighted by molar-refractivity contribution is 4.90. The first kappa shape index (κ1) is 13.1. The molecule has 1 heteroatoms. The minimum Gasteiger partial charge on any atom is -0.381 e. The average molecular weight is 236 g/mol. The maximum absolute atomic E-state index is 5.47. The molecule has 0 aromatic heterocycles. The predicted molar refractivity (Wildman–Crippen MR) is 73.0 cm³/mol. The average Bonchev–Trinajstić information content (AvgIpc) is 2.40. The van der Waals surface area contributed by atoms with Crippen molar-refractivity contribution < 1.29 is 4.74 Å². The summed E-state index contributed by atoms with van der Waals surface area (Å²) in [5.74, 6) is 2.91. The molecular weight excluding hydrogens is 208 g/mol. The van der Waals surface area contributed by atoms with Crippen LogP contribution in [0.1, 0.15) is 58.3 Å². The van der Waals surface area contributed by atoms with Gasteiger partial charge in [-0.05, 0) is 76.0 Å². The van der Waals surface area contributed by atoms with Crippen LogP contribution in [-0.2, 0) is 4.74 Å². The van der Waals surface area contributed by atoms with Gasteiger partial charge in [-0.25, -0.2) is 0 Å². The first-order chi connectivity index (χ1) is 8.33. The van der Waals surface area contributed by atoms with Crippen molar-refractivity contribution in [1.82, 2.24) is 0 Å². The fraction of sp³-hybridized carbons (Fsp3) is 0.875. The molecule has 2 saturated carbocycles. The van der Waals surface area contributed by atoms with Crippen LogP contribution < -0.4 is 0 Å². The molecule has 0 bridgehead atoms. The third kappa shape index (κ3) is 3.58. The molecule has 0 radical (unpaired) electrons. The Morgan fingerprint density at radius 2 is 1.35 bits per heavy atom. The molecule has 1 nitrogen and oxygen atoms in total. The zero-order valence-corrected chi connectivity index (χ0v) is 11.5. The van der Waals surface area contributed by atoms with Crippen molar-refractivity contribution in [2.45, 2.75) is 64.4 Å². The summed E-state index contributed by atoms with van der Waals surface area (Å²) in [6.07, 6.45) is 16.4. The van der Waals surface area contributed by atoms with Gasteiger partial charge in [-0.1, -0.05) is 12.2 Å². The molecule has 0 heterocycles. The van der Waals surface area contributed by atoms with Crippen LogP contribution in [0.25, 0.3) is 0 Å². The Morgan fingerprint density at radius 1 is 0.824 bits per heavy atom. The van der Waals surface area contributed by atoms with Gasteiger partial charge < -0.3 is 4.74 Å². The monoisotopic (exact) mass is 236 g/mol. The van der Waals surface area contributed by atoms with Crippen LogP contribution >= 0.6 is 0 Å². The Hall–Kier alpha value is -0.300. The van der Waals surface area contributed by atoms with Gasteiger partial charge in [0.1, 0.15) is 0 Å². The number of ether oxygens (including phenoxy) is 1. The van der Waals surface area contributed by atoms with Crippen LogP contribution in [0.3, 0.4) is 0 Å². The Bertz CT molecular complexity index is 230. The molecule has 0 atom stereocenters. The molecule has 0 spiro atoms. The number of hydrogen-bond donors (Lipinski definition) is 0. The van der Waals surface area contributed by atoms with E-state index in [4.69, 9.17) is 4.74 Å². The van der Waals surface area contributed by atoms with Crippen LogP contribution in [0.4, 0.5) is 0 Å². The van der Waals surface area contributed by atoms with E-state index in [-0.39, 0.29) is 0 Å². The standard InChI is InChI=1S/C16H28O/c1-3-4-13-5-7-14(8-6-13)15-9-11-16(17-2)12-10-15/h3-4,13-16H,5-12H2,1-2H3. The van der Waals surface area contributed by atoms with Gasteiger partial charge >= 0.3 is 0 Å². The smallest absolute Gasteiger partial charge is 0.0571 e. The van der Waals surface area contributed by atoms with Crippen LogP contribution in [0.15, 0.2) is 12.2 Å². The van der Waals surface area contributed by atoms with E-state index < -0.39 is 0 Å². The Kier molecular flexibility index (Phi) is 5.09. The van der Waals surface area contributed by atoms with Crippen molar-refractivity contribution in [2.75, 3.05) is 7.11 Å². The van der Waals surface area contributed by atoms with E-state index in [1.165, 1.54) is 51.4 Å². The summed E-state index contributed by atoms with van der Waals surface area (Å²) in [4.78, 5) is 0. The largest absolute Gasteiger partial charge is 0.381 e. The number of rotatable bonds is 3. The molecule has 0 aromatic carbocycles. The summed E-state index contributed by atoms with van der Waals surface area (Å²) in [6, 6.07) is 0. The van der Waals surface area contributed by atoms with E-state index in [1.54, 1.807) is 0 Å². The third-order valence-electron chi connectivity index (χ3n) is 5.00. The van der Waals surface area contributed by atoms with E-state index in [0.717, 1.165) is 17.8 Å². The first-order valence-electron chi connectivity index (χ1n) is 7.49. The van der Waals surface area contributed by atoms with Gasteiger partial charge in [-0.15, -0.1) is 0 Å². The summed E-state index contributed by atoms with van der Waals surface area (Å²) >= 11 is 0. The molecule has 0 unspecified atom stereocenters. The van der Waals surface area contributed by atoms with Crippen molar-refractivity contribution in [3.05, 3.63) is 12.2 Å². The SMILES string of the molecule is CC=CC1CCC(C2CCC(OC)CC2)CC1. The van der Waals surface area contributed by atoms with Gasteiger partial charge in [0.2, 0.25) is 0 Å². The van der Waals surface area contributed by atoms with E-state index in [0.29, 0.717) is 6.10 Å². The highest BCUT2D eigenvalue weighted by Gasteiger charge is 2.30. The minimum absolute atomic E-state index is 0.561. The van der Waals surface area contributed by atoms with Gasteiger partial charge in [0.15, 0.2) is 0 Å². The number of hydrogen-bond acceptors (Lipinski definition) is 1. The Morgan fingerprint density at radius 3 is 1.82 bits per heavy atom. The highest BCUT2D eigenvalue weighted by atomic mass is 16.5. The number of allylic oxidation sites excluding steroid dienone is 2. The lowest BCUT2D eigenvalue weighted by Crippen LogP contribution is -2.27. The van der Waals surface area contributed by atoms with Gasteiger partial charge in [0.05, 0.1) is 6.10 Å². The molecule has 2 fully saturated rings. The molecule has 0 saturated heterocycles. The first-order valence-corrected chi connectivity index (χ1v) is 7.49. The summed E-state index contributed by atoms with van der Waals surface area (Å²) in [7, 11) is 1.87. The Balaban J connectivity index is 1.74. The second-order valence-corrected chi connectivity index (χ2v) is 5.97. The van der Waals surface area contributed by atoms with Gasteiger partial charge in [0.25, 0.3) is 0 Å². The van der Waals surface area contributed by atoms with Crippen molar-refractivity contribution in [3.8, 4) is 0 Å². The highest BCUT2D eigenvalue weighted by Crippen LogP contribution is 2.40. The second-order valence-electron chi connectivity index (χ2n) is 5.97.